The van der Waals surface area contributed by atoms with Gasteiger partial charge in [-0.25, -0.2) is 4.68 Å². The van der Waals surface area contributed by atoms with Crippen LogP contribution < -0.4 is 35.5 Å². The van der Waals surface area contributed by atoms with Gasteiger partial charge in [0.15, 0.2) is 34.7 Å². The highest BCUT2D eigenvalue weighted by Crippen LogP contribution is 2.45. The second-order valence-corrected chi connectivity index (χ2v) is 40.6. The highest BCUT2D eigenvalue weighted by Gasteiger charge is 2.39. The molecule has 0 spiro atoms. The van der Waals surface area contributed by atoms with Crippen molar-refractivity contribution in [2.24, 2.45) is 21.1 Å². The summed E-state index contributed by atoms with van der Waals surface area (Å²) in [5.41, 5.74) is 21.8. The number of H-pyrrole nitrogens is 2. The summed E-state index contributed by atoms with van der Waals surface area (Å²) in [5.74, 6) is 0.568. The fourth-order valence-electron chi connectivity index (χ4n) is 23.3. The number of allylic oxidation sites excluding steroid dienone is 8. The lowest BCUT2D eigenvalue weighted by Gasteiger charge is -2.41. The van der Waals surface area contributed by atoms with Crippen molar-refractivity contribution >= 4 is 101 Å². The number of aromatic nitrogens is 10. The minimum atomic E-state index is -4.20. The molecule has 4 aromatic carbocycles. The van der Waals surface area contributed by atoms with Crippen LogP contribution in [0.5, 0.6) is 5.75 Å². The van der Waals surface area contributed by atoms with Crippen LogP contribution in [0.15, 0.2) is 116 Å². The lowest BCUT2D eigenvalue weighted by Crippen LogP contribution is -2.47. The average molecular weight is 2030 g/mol. The van der Waals surface area contributed by atoms with E-state index in [1.165, 1.54) is 11.1 Å². The smallest absolute Gasteiger partial charge is 0.401 e. The maximum atomic E-state index is 13.8. The summed E-state index contributed by atoms with van der Waals surface area (Å²) < 4.78 is 94.2. The van der Waals surface area contributed by atoms with Crippen molar-refractivity contribution in [3.05, 3.63) is 200 Å². The van der Waals surface area contributed by atoms with Gasteiger partial charge in [0.1, 0.15) is 5.75 Å². The van der Waals surface area contributed by atoms with E-state index in [0.717, 1.165) is 225 Å². The zero-order valence-corrected chi connectivity index (χ0v) is 90.0. The van der Waals surface area contributed by atoms with Gasteiger partial charge in [0.05, 0.1) is 95.4 Å². The molecule has 0 bridgehead atoms. The van der Waals surface area contributed by atoms with Crippen molar-refractivity contribution in [3.63, 3.8) is 0 Å². The molecule has 6 aliphatic rings. The molecule has 33 heteroatoms. The third-order valence-electron chi connectivity index (χ3n) is 30.9. The fraction of sp³-hybridized carbons (Fsp3) is 0.544. The lowest BCUT2D eigenvalue weighted by atomic mass is 9.88. The number of hydrogen-bond donors (Lipinski definition) is 2. The first-order chi connectivity index (χ1) is 70.2. The molecule has 3 aliphatic heterocycles. The number of ether oxygens (including phenoxy) is 4. The number of aryl methyl sites for hydroxylation is 6. The molecule has 16 rings (SSSR count). The fourth-order valence-corrected chi connectivity index (χ4v) is 23.3. The Labute approximate surface area is 859 Å². The molecule has 1 saturated carbocycles. The molecule has 0 radical (unpaired) electrons. The number of methoxy groups -OCH3 is 2. The number of anilines is 4. The van der Waals surface area contributed by atoms with E-state index in [0.29, 0.717) is 165 Å². The number of benzene rings is 4. The van der Waals surface area contributed by atoms with Gasteiger partial charge in [-0.3, -0.25) is 57.3 Å². The number of nitrogens with zero attached hydrogens (tertiary/aromatic N) is 14. The van der Waals surface area contributed by atoms with E-state index in [1.807, 2.05) is 155 Å². The molecule has 0 unspecified atom stereocenters. The summed E-state index contributed by atoms with van der Waals surface area (Å²) in [6.07, 6.45) is 20.2. The Balaban J connectivity index is 0.000000164. The van der Waals surface area contributed by atoms with Crippen molar-refractivity contribution in [3.8, 4) is 5.75 Å². The number of likely N-dealkylation sites (N-methyl/N-ethyl adjacent to an activating group) is 1. The van der Waals surface area contributed by atoms with Crippen LogP contribution in [0.4, 0.5) is 44.7 Å². The number of aromatic amines is 2. The summed E-state index contributed by atoms with van der Waals surface area (Å²) in [7, 11) is 11.2. The second kappa shape index (κ2) is 49.9. The minimum absolute atomic E-state index is 0.0243. The van der Waals surface area contributed by atoms with Crippen LogP contribution in [-0.2, 0) is 64.2 Å². The number of fused-ring (bicyclic) bond motifs is 4. The van der Waals surface area contributed by atoms with Gasteiger partial charge in [-0.05, 0) is 287 Å². The molecule has 0 amide bonds. The number of halogens is 5. The third kappa shape index (κ3) is 25.8. The zero-order chi connectivity index (χ0) is 106. The monoisotopic (exact) mass is 2030 g/mol. The van der Waals surface area contributed by atoms with Gasteiger partial charge < -0.3 is 53.4 Å². The van der Waals surface area contributed by atoms with E-state index in [4.69, 9.17) is 18.9 Å². The number of nitrogens with one attached hydrogen (secondary N) is 2. The topological polar surface area (TPSA) is 296 Å². The van der Waals surface area contributed by atoms with Gasteiger partial charge in [0, 0.05) is 230 Å². The Kier molecular flexibility index (Phi) is 38.1. The standard InChI is InChI=1S/C31H45N5O3.C29H37F3N4O2.C27H33F2N3O3.C27H36N4O4/c1-8-36(24-11-9-23(10-12-24)34(5)15-16-39-7)30-22(4)26(18-28-27(30)19-32-35(28)6)29(37)14-13-25-20(2)17-21(3)33-31(25)38;1-6-36(21-9-11-35(12-10-21)17-29(30,31)32)28-20(4)23(15-25-24(28)16-33-34(25)5)26(37)8-7-22-19(3)13-18(2)14-27(22)38;1-5-31(19-8-10-35-11-9-19)26-18(4)21(14-23-22(26)15-30-32(23)27(28)29)24(33)7-6-20-17(3)12-16(2)13-25(20)34;1-6-19-21(24(32)9-8-20-25(34-5)14-17(3)29-27(20)33)15-23-22(16-28-30(23)4)26(19)31(7-2)18-10-12-35-13-11-18/h17-19,23-24H,8-16H2,1-7H3,(H,33,38);13,15-16,21H,6-12,14,17H2,1-5H3;12,14-15,19,27H,5-11,13H2,1-4H3;14-16,18H,6-13H2,1-5H3,(H,29,33). The van der Waals surface area contributed by atoms with Crippen LogP contribution in [-0.4, -0.2) is 237 Å². The Hall–Kier alpha value is -11.9. The number of ketones is 6. The molecule has 0 atom stereocenters. The van der Waals surface area contributed by atoms with Gasteiger partial charge in [0.25, 0.3) is 11.1 Å². The van der Waals surface area contributed by atoms with E-state index in [1.54, 1.807) is 37.2 Å². The van der Waals surface area contributed by atoms with Gasteiger partial charge in [-0.15, -0.1) is 0 Å². The first-order valence-corrected chi connectivity index (χ1v) is 52.4. The number of carbonyl (C=O) groups is 6. The van der Waals surface area contributed by atoms with Crippen LogP contribution in [0.25, 0.3) is 43.6 Å². The number of Topliss-reactive ketones (excluding diaryl/α,β-unsaturated/α-hetero) is 6. The van der Waals surface area contributed by atoms with Crippen molar-refractivity contribution < 1.29 is 69.7 Å². The predicted octanol–water partition coefficient (Wildman–Crippen LogP) is 20.6. The normalized spacial score (nSPS) is 16.9. The maximum Gasteiger partial charge on any atom is 0.401 e. The van der Waals surface area contributed by atoms with E-state index >= 15 is 0 Å². The van der Waals surface area contributed by atoms with E-state index in [9.17, 15) is 60.3 Å². The molecule has 3 saturated heterocycles. The summed E-state index contributed by atoms with van der Waals surface area (Å²) >= 11 is 0. The van der Waals surface area contributed by atoms with Crippen LogP contribution in [0.2, 0.25) is 0 Å². The number of likely N-dealkylation sites (tertiary alicyclic amines) is 1. The molecule has 794 valence electrons. The molecule has 6 aromatic heterocycles. The second-order valence-electron chi connectivity index (χ2n) is 40.6. The maximum absolute atomic E-state index is 13.8. The Morgan fingerprint density at radius 1 is 0.463 bits per heavy atom. The van der Waals surface area contributed by atoms with Gasteiger partial charge in [0.2, 0.25) is 0 Å². The first kappa shape index (κ1) is 112. The highest BCUT2D eigenvalue weighted by atomic mass is 19.4. The third-order valence-corrected chi connectivity index (χ3v) is 30.9. The lowest BCUT2D eigenvalue weighted by molar-refractivity contribution is -0.147. The quantitative estimate of drug-likeness (QED) is 0.0272. The van der Waals surface area contributed by atoms with Crippen molar-refractivity contribution in [1.29, 1.82) is 0 Å². The minimum Gasteiger partial charge on any atom is -0.496 e. The zero-order valence-electron chi connectivity index (χ0n) is 90.0. The molecular formula is C114H151F5N16O12. The van der Waals surface area contributed by atoms with E-state index in [2.05, 4.69) is 89.6 Å². The van der Waals surface area contributed by atoms with E-state index in [-0.39, 0.29) is 82.7 Å². The van der Waals surface area contributed by atoms with Crippen LogP contribution in [0.1, 0.15) is 276 Å². The number of hydrogen-bond acceptors (Lipinski definition) is 22. The highest BCUT2D eigenvalue weighted by molar-refractivity contribution is 6.11. The molecular weight excluding hydrogens is 1880 g/mol. The van der Waals surface area contributed by atoms with Crippen LogP contribution >= 0.6 is 0 Å². The Bertz CT molecular complexity index is 6740. The van der Waals surface area contributed by atoms with Gasteiger partial charge >= 0.3 is 12.7 Å². The number of rotatable bonds is 36. The SMILES string of the molecule is CCN(c1c(C)c(C(=O)CCC2=C(C)C=C(C)CC2=O)cc2c1cnn2C(F)F)C1CCOCC1.CCN(c1c(C)c(C(=O)CCC2=C(C)C=C(C)CC2=O)cc2c1cnn2C)C1CCN(CC(F)(F)F)CC1.CCN(c1c(C)c(C(=O)CCc2c(C)cc(C)[nH]c2=O)cc2c1cnn2C)C1CCC(N(C)CCOC)CC1.CCc1c(C(=O)CCc2c(OC)cc(C)[nH]c2=O)cc2c(cnn2C)c1N(CC)C1CCOCC1. The van der Waals surface area contributed by atoms with E-state index < -0.39 is 19.3 Å². The number of pyridine rings is 2. The number of carbonyl (C=O) groups excluding carboxylic acids is 6. The predicted molar refractivity (Wildman–Crippen MR) is 572 cm³/mol. The summed E-state index contributed by atoms with van der Waals surface area (Å²) in [6.45, 7) is 34.4. The Morgan fingerprint density at radius 2 is 0.830 bits per heavy atom. The number of alkyl halides is 5. The summed E-state index contributed by atoms with van der Waals surface area (Å²) in [5, 5.41) is 21.2. The molecule has 147 heavy (non-hydrogen) atoms. The van der Waals surface area contributed by atoms with Crippen LogP contribution in [0, 0.1) is 41.5 Å². The summed E-state index contributed by atoms with van der Waals surface area (Å²) in [6, 6.07) is 12.8. The largest absolute Gasteiger partial charge is 0.496 e. The van der Waals surface area contributed by atoms with Crippen molar-refractivity contribution in [2.75, 3.05) is 126 Å². The number of piperidine rings is 1. The molecule has 28 nitrogen and oxygen atoms in total. The molecule has 2 N–H and O–H groups in total. The average Bonchev–Trinajstić information content (AvgIpc) is 1.65. The molecule has 4 fully saturated rings. The van der Waals surface area contributed by atoms with Crippen molar-refractivity contribution in [1.82, 2.24) is 58.9 Å². The van der Waals surface area contributed by atoms with Gasteiger partial charge in [-0.2, -0.15) is 42.3 Å². The molecule has 9 heterocycles. The molecule has 10 aromatic rings. The Morgan fingerprint density at radius 3 is 1.24 bits per heavy atom. The molecule has 3 aliphatic carbocycles. The van der Waals surface area contributed by atoms with Crippen LogP contribution in [0.3, 0.4) is 0 Å². The summed E-state index contributed by atoms with van der Waals surface area (Å²) in [4.78, 5) is 124. The first-order valence-electron chi connectivity index (χ1n) is 52.4. The van der Waals surface area contributed by atoms with Crippen molar-refractivity contribution in [2.45, 2.75) is 282 Å². The van der Waals surface area contributed by atoms with Gasteiger partial charge in [-0.1, -0.05) is 30.2 Å².